The Morgan fingerprint density at radius 2 is 2.11 bits per heavy atom. The fourth-order valence-electron chi connectivity index (χ4n) is 2.32. The molecule has 1 saturated carbocycles. The molecule has 0 radical (unpaired) electrons. The summed E-state index contributed by atoms with van der Waals surface area (Å²) in [7, 11) is 0. The zero-order chi connectivity index (χ0) is 12.8. The standard InChI is InChI=1S/C14H21ClN2O/c1-2-18-14-5-3-4-13(17-14)16-10-11-6-8-12(15)9-7-11/h3-5,11-12H,2,6-10H2,1H3,(H,16,17). The number of pyridine rings is 1. The molecule has 1 fully saturated rings. The summed E-state index contributed by atoms with van der Waals surface area (Å²) in [6.07, 6.45) is 4.71. The van der Waals surface area contributed by atoms with E-state index in [1.165, 1.54) is 12.8 Å². The second-order valence-corrected chi connectivity index (χ2v) is 5.41. The van der Waals surface area contributed by atoms with E-state index >= 15 is 0 Å². The fourth-order valence-corrected chi connectivity index (χ4v) is 2.57. The van der Waals surface area contributed by atoms with Gasteiger partial charge in [0, 0.05) is 18.0 Å². The van der Waals surface area contributed by atoms with Crippen LogP contribution in [0.4, 0.5) is 5.82 Å². The van der Waals surface area contributed by atoms with Crippen LogP contribution in [0, 0.1) is 5.92 Å². The summed E-state index contributed by atoms with van der Waals surface area (Å²) in [5.41, 5.74) is 0. The van der Waals surface area contributed by atoms with Gasteiger partial charge in [0.1, 0.15) is 5.82 Å². The third-order valence-electron chi connectivity index (χ3n) is 3.36. The maximum atomic E-state index is 6.11. The Bertz CT molecular complexity index is 365. The van der Waals surface area contributed by atoms with Crippen molar-refractivity contribution < 1.29 is 4.74 Å². The van der Waals surface area contributed by atoms with Crippen LogP contribution in [0.2, 0.25) is 0 Å². The number of nitrogens with zero attached hydrogens (tertiary/aromatic N) is 1. The molecule has 1 aromatic heterocycles. The van der Waals surface area contributed by atoms with E-state index in [9.17, 15) is 0 Å². The first-order valence-corrected chi connectivity index (χ1v) is 7.19. The monoisotopic (exact) mass is 268 g/mol. The van der Waals surface area contributed by atoms with Gasteiger partial charge in [-0.3, -0.25) is 0 Å². The van der Waals surface area contributed by atoms with Crippen molar-refractivity contribution in [3.05, 3.63) is 18.2 Å². The van der Waals surface area contributed by atoms with Crippen LogP contribution in [0.1, 0.15) is 32.6 Å². The number of aromatic nitrogens is 1. The number of hydrogen-bond acceptors (Lipinski definition) is 3. The molecule has 0 aromatic carbocycles. The van der Waals surface area contributed by atoms with Gasteiger partial charge in [0.15, 0.2) is 0 Å². The van der Waals surface area contributed by atoms with Crippen molar-refractivity contribution in [2.45, 2.75) is 38.0 Å². The van der Waals surface area contributed by atoms with Gasteiger partial charge in [0.05, 0.1) is 6.61 Å². The SMILES string of the molecule is CCOc1cccc(NCC2CCC(Cl)CC2)n1. The van der Waals surface area contributed by atoms with Crippen molar-refractivity contribution in [2.75, 3.05) is 18.5 Å². The second kappa shape index (κ2) is 6.83. The summed E-state index contributed by atoms with van der Waals surface area (Å²) in [6, 6.07) is 5.83. The van der Waals surface area contributed by atoms with E-state index in [0.29, 0.717) is 17.9 Å². The van der Waals surface area contributed by atoms with Crippen molar-refractivity contribution in [1.29, 1.82) is 0 Å². The highest BCUT2D eigenvalue weighted by Gasteiger charge is 2.19. The van der Waals surface area contributed by atoms with Gasteiger partial charge in [-0.2, -0.15) is 4.98 Å². The van der Waals surface area contributed by atoms with Crippen LogP contribution in [-0.4, -0.2) is 23.5 Å². The molecule has 4 heteroatoms. The zero-order valence-corrected chi connectivity index (χ0v) is 11.6. The Labute approximate surface area is 114 Å². The third kappa shape index (κ3) is 4.05. The van der Waals surface area contributed by atoms with Gasteiger partial charge in [-0.1, -0.05) is 6.07 Å². The lowest BCUT2D eigenvalue weighted by atomic mass is 9.89. The largest absolute Gasteiger partial charge is 0.478 e. The first-order chi connectivity index (χ1) is 8.78. The van der Waals surface area contributed by atoms with Crippen LogP contribution in [-0.2, 0) is 0 Å². The van der Waals surface area contributed by atoms with E-state index in [1.54, 1.807) is 0 Å². The molecule has 1 N–H and O–H groups in total. The van der Waals surface area contributed by atoms with E-state index in [2.05, 4.69) is 10.3 Å². The van der Waals surface area contributed by atoms with Crippen LogP contribution >= 0.6 is 11.6 Å². The molecule has 0 spiro atoms. The molecule has 100 valence electrons. The van der Waals surface area contributed by atoms with Crippen LogP contribution in [0.3, 0.4) is 0 Å². The maximum absolute atomic E-state index is 6.11. The summed E-state index contributed by atoms with van der Waals surface area (Å²) < 4.78 is 5.38. The number of halogens is 1. The molecule has 1 heterocycles. The van der Waals surface area contributed by atoms with Crippen LogP contribution in [0.25, 0.3) is 0 Å². The fraction of sp³-hybridized carbons (Fsp3) is 0.643. The summed E-state index contributed by atoms with van der Waals surface area (Å²) in [4.78, 5) is 4.40. The van der Waals surface area contributed by atoms with Gasteiger partial charge >= 0.3 is 0 Å². The predicted octanol–water partition coefficient (Wildman–Crippen LogP) is 3.69. The smallest absolute Gasteiger partial charge is 0.215 e. The first kappa shape index (κ1) is 13.5. The number of hydrogen-bond donors (Lipinski definition) is 1. The Kier molecular flexibility index (Phi) is 5.12. The second-order valence-electron chi connectivity index (χ2n) is 4.79. The van der Waals surface area contributed by atoms with Gasteiger partial charge < -0.3 is 10.1 Å². The number of nitrogens with one attached hydrogen (secondary N) is 1. The molecule has 3 nitrogen and oxygen atoms in total. The van der Waals surface area contributed by atoms with E-state index in [1.807, 2.05) is 25.1 Å². The molecule has 0 bridgehead atoms. The van der Waals surface area contributed by atoms with Crippen LogP contribution in [0.5, 0.6) is 5.88 Å². The van der Waals surface area contributed by atoms with E-state index < -0.39 is 0 Å². The van der Waals surface area contributed by atoms with Crippen molar-refractivity contribution in [2.24, 2.45) is 5.92 Å². The first-order valence-electron chi connectivity index (χ1n) is 6.75. The lowest BCUT2D eigenvalue weighted by Gasteiger charge is -2.25. The van der Waals surface area contributed by atoms with Gasteiger partial charge in [-0.05, 0) is 44.6 Å². The average Bonchev–Trinajstić information content (AvgIpc) is 2.39. The Hall–Kier alpha value is -0.960. The maximum Gasteiger partial charge on any atom is 0.215 e. The summed E-state index contributed by atoms with van der Waals surface area (Å²) >= 11 is 6.11. The van der Waals surface area contributed by atoms with Crippen molar-refractivity contribution in [3.63, 3.8) is 0 Å². The van der Waals surface area contributed by atoms with Crippen molar-refractivity contribution >= 4 is 17.4 Å². The third-order valence-corrected chi connectivity index (χ3v) is 3.80. The molecule has 0 atom stereocenters. The minimum Gasteiger partial charge on any atom is -0.478 e. The van der Waals surface area contributed by atoms with Gasteiger partial charge in [-0.15, -0.1) is 11.6 Å². The Balaban J connectivity index is 1.80. The number of rotatable bonds is 5. The molecule has 1 aliphatic rings. The molecule has 0 unspecified atom stereocenters. The minimum atomic E-state index is 0.389. The molecular formula is C14H21ClN2O. The highest BCUT2D eigenvalue weighted by Crippen LogP contribution is 2.27. The average molecular weight is 269 g/mol. The van der Waals surface area contributed by atoms with Crippen LogP contribution < -0.4 is 10.1 Å². The molecular weight excluding hydrogens is 248 g/mol. The highest BCUT2D eigenvalue weighted by atomic mass is 35.5. The lowest BCUT2D eigenvalue weighted by Crippen LogP contribution is -2.21. The summed E-state index contributed by atoms with van der Waals surface area (Å²) in [6.45, 7) is 3.59. The molecule has 0 saturated heterocycles. The molecule has 1 aromatic rings. The highest BCUT2D eigenvalue weighted by molar-refractivity contribution is 6.20. The lowest BCUT2D eigenvalue weighted by molar-refractivity contribution is 0.327. The van der Waals surface area contributed by atoms with Gasteiger partial charge in [-0.25, -0.2) is 0 Å². The topological polar surface area (TPSA) is 34.1 Å². The van der Waals surface area contributed by atoms with E-state index in [4.69, 9.17) is 16.3 Å². The summed E-state index contributed by atoms with van der Waals surface area (Å²) in [5.74, 6) is 2.30. The number of alkyl halides is 1. The van der Waals surface area contributed by atoms with Crippen LogP contribution in [0.15, 0.2) is 18.2 Å². The molecule has 0 amide bonds. The molecule has 0 aliphatic heterocycles. The quantitative estimate of drug-likeness (QED) is 0.827. The molecule has 18 heavy (non-hydrogen) atoms. The minimum absolute atomic E-state index is 0.389. The van der Waals surface area contributed by atoms with Gasteiger partial charge in [0.25, 0.3) is 0 Å². The Morgan fingerprint density at radius 3 is 2.83 bits per heavy atom. The van der Waals surface area contributed by atoms with Gasteiger partial charge in [0.2, 0.25) is 5.88 Å². The molecule has 1 aliphatic carbocycles. The zero-order valence-electron chi connectivity index (χ0n) is 10.9. The van der Waals surface area contributed by atoms with Crippen molar-refractivity contribution in [1.82, 2.24) is 4.98 Å². The summed E-state index contributed by atoms with van der Waals surface area (Å²) in [5, 5.41) is 3.78. The van der Waals surface area contributed by atoms with E-state index in [-0.39, 0.29) is 0 Å². The van der Waals surface area contributed by atoms with Crippen molar-refractivity contribution in [3.8, 4) is 5.88 Å². The normalized spacial score (nSPS) is 23.7. The Morgan fingerprint density at radius 1 is 1.33 bits per heavy atom. The number of anilines is 1. The molecule has 2 rings (SSSR count). The van der Waals surface area contributed by atoms with E-state index in [0.717, 1.165) is 31.1 Å². The number of ether oxygens (including phenoxy) is 1. The predicted molar refractivity (Wildman–Crippen MR) is 75.5 cm³/mol.